The van der Waals surface area contributed by atoms with Gasteiger partial charge in [-0.3, -0.25) is 10.9 Å². The van der Waals surface area contributed by atoms with Crippen LogP contribution in [0.4, 0.5) is 5.69 Å². The Bertz CT molecular complexity index is 715. The first kappa shape index (κ1) is 15.7. The number of carboxylic acid groups (broad SMARTS) is 1. The van der Waals surface area contributed by atoms with Crippen molar-refractivity contribution in [1.29, 1.82) is 0 Å². The van der Waals surface area contributed by atoms with Gasteiger partial charge in [0.2, 0.25) is 5.88 Å². The molecule has 2 fully saturated rings. The molecule has 0 radical (unpaired) electrons. The van der Waals surface area contributed by atoms with Gasteiger partial charge in [-0.15, -0.1) is 5.53 Å². The summed E-state index contributed by atoms with van der Waals surface area (Å²) in [5.41, 5.74) is 8.77. The van der Waals surface area contributed by atoms with Crippen LogP contribution in [0.25, 0.3) is 0 Å². The molecule has 4 N–H and O–H groups in total. The van der Waals surface area contributed by atoms with Gasteiger partial charge in [0.15, 0.2) is 5.70 Å². The third-order valence-corrected chi connectivity index (χ3v) is 5.60. The van der Waals surface area contributed by atoms with Crippen LogP contribution in [0.15, 0.2) is 29.8 Å². The lowest BCUT2D eigenvalue weighted by molar-refractivity contribution is -0.133. The zero-order valence-corrected chi connectivity index (χ0v) is 14.1. The number of fused-ring (bicyclic) bond motifs is 1. The topological polar surface area (TPSA) is 85.9 Å². The van der Waals surface area contributed by atoms with E-state index < -0.39 is 5.97 Å². The van der Waals surface area contributed by atoms with Crippen LogP contribution in [0.5, 0.6) is 0 Å². The first-order chi connectivity index (χ1) is 11.5. The molecular weight excluding hydrogens is 355 g/mol. The molecule has 3 aliphatic rings. The standard InChI is InChI=1S/C15H16Cl2N4O3/c16-11-2-1-7(3-12(11)17)21-4-8-9(5-21)10(8)6-24-14-13(15(22)23)18-20-19-14/h1-3,8-10,18-20H,4-6H2,(H,22,23). The average molecular weight is 371 g/mol. The normalized spacial score (nSPS) is 27.6. The van der Waals surface area contributed by atoms with Gasteiger partial charge in [-0.05, 0) is 30.0 Å². The van der Waals surface area contributed by atoms with Gasteiger partial charge in [-0.2, -0.15) is 0 Å². The number of rotatable bonds is 5. The Balaban J connectivity index is 1.32. The molecule has 2 atom stereocenters. The fraction of sp³-hybridized carbons (Fsp3) is 0.400. The Morgan fingerprint density at radius 1 is 1.25 bits per heavy atom. The molecule has 0 amide bonds. The van der Waals surface area contributed by atoms with Gasteiger partial charge in [0.1, 0.15) is 0 Å². The van der Waals surface area contributed by atoms with Crippen LogP contribution in [0.1, 0.15) is 0 Å². The summed E-state index contributed by atoms with van der Waals surface area (Å²) in [6.07, 6.45) is 0. The van der Waals surface area contributed by atoms with Crippen molar-refractivity contribution >= 4 is 34.9 Å². The molecule has 2 heterocycles. The molecule has 0 bridgehead atoms. The minimum atomic E-state index is -1.07. The van der Waals surface area contributed by atoms with E-state index in [0.717, 1.165) is 18.8 Å². The second-order valence-corrected chi connectivity index (χ2v) is 7.00. The van der Waals surface area contributed by atoms with E-state index in [-0.39, 0.29) is 11.6 Å². The van der Waals surface area contributed by atoms with Gasteiger partial charge >= 0.3 is 5.97 Å². The molecule has 2 unspecified atom stereocenters. The summed E-state index contributed by atoms with van der Waals surface area (Å²) >= 11 is 12.0. The average Bonchev–Trinajstić information content (AvgIpc) is 2.97. The maximum Gasteiger partial charge on any atom is 0.359 e. The van der Waals surface area contributed by atoms with Crippen LogP contribution in [0.3, 0.4) is 0 Å². The molecule has 1 aliphatic carbocycles. The molecule has 1 saturated carbocycles. The lowest BCUT2D eigenvalue weighted by Gasteiger charge is -2.22. The summed E-state index contributed by atoms with van der Waals surface area (Å²) in [6, 6.07) is 5.69. The van der Waals surface area contributed by atoms with Gasteiger partial charge in [-0.25, -0.2) is 4.79 Å². The molecule has 0 aromatic heterocycles. The van der Waals surface area contributed by atoms with Gasteiger partial charge < -0.3 is 14.7 Å². The molecule has 1 aromatic carbocycles. The number of hydrazine groups is 2. The molecule has 1 aromatic rings. The second-order valence-electron chi connectivity index (χ2n) is 6.19. The van der Waals surface area contributed by atoms with E-state index >= 15 is 0 Å². The van der Waals surface area contributed by atoms with Crippen LogP contribution in [0, 0.1) is 17.8 Å². The first-order valence-electron chi connectivity index (χ1n) is 7.62. The zero-order chi connectivity index (χ0) is 16.8. The Morgan fingerprint density at radius 2 is 2.00 bits per heavy atom. The molecule has 24 heavy (non-hydrogen) atoms. The smallest absolute Gasteiger partial charge is 0.359 e. The Labute approximate surface area is 148 Å². The molecule has 2 aliphatic heterocycles. The van der Waals surface area contributed by atoms with Gasteiger partial charge in [-0.1, -0.05) is 23.2 Å². The number of nitrogens with zero attached hydrogens (tertiary/aromatic N) is 1. The Morgan fingerprint density at radius 3 is 2.67 bits per heavy atom. The van der Waals surface area contributed by atoms with Crippen LogP contribution in [0.2, 0.25) is 10.0 Å². The van der Waals surface area contributed by atoms with Crippen molar-refractivity contribution in [3.8, 4) is 0 Å². The summed E-state index contributed by atoms with van der Waals surface area (Å²) in [5.74, 6) is 0.748. The number of piperidine rings is 1. The van der Waals surface area contributed by atoms with Crippen LogP contribution in [-0.2, 0) is 9.53 Å². The van der Waals surface area contributed by atoms with Gasteiger partial charge in [0, 0.05) is 24.7 Å². The van der Waals surface area contributed by atoms with Crippen molar-refractivity contribution in [3.05, 3.63) is 39.8 Å². The Kier molecular flexibility index (Phi) is 3.86. The number of anilines is 1. The molecule has 9 heteroatoms. The van der Waals surface area contributed by atoms with E-state index in [1.165, 1.54) is 0 Å². The predicted molar refractivity (Wildman–Crippen MR) is 89.2 cm³/mol. The highest BCUT2D eigenvalue weighted by atomic mass is 35.5. The van der Waals surface area contributed by atoms with Crippen molar-refractivity contribution in [2.24, 2.45) is 17.8 Å². The minimum Gasteiger partial charge on any atom is -0.476 e. The summed E-state index contributed by atoms with van der Waals surface area (Å²) in [4.78, 5) is 13.3. The largest absolute Gasteiger partial charge is 0.476 e. The quantitative estimate of drug-likeness (QED) is 0.625. The van der Waals surface area contributed by atoms with Crippen LogP contribution in [-0.4, -0.2) is 30.8 Å². The van der Waals surface area contributed by atoms with E-state index in [4.69, 9.17) is 33.0 Å². The van der Waals surface area contributed by atoms with Crippen molar-refractivity contribution in [1.82, 2.24) is 16.4 Å². The van der Waals surface area contributed by atoms with Crippen molar-refractivity contribution < 1.29 is 14.6 Å². The number of aliphatic carboxylic acids is 1. The van der Waals surface area contributed by atoms with Crippen molar-refractivity contribution in [2.45, 2.75) is 0 Å². The highest BCUT2D eigenvalue weighted by Crippen LogP contribution is 2.53. The van der Waals surface area contributed by atoms with E-state index in [1.807, 2.05) is 18.2 Å². The zero-order valence-electron chi connectivity index (χ0n) is 12.6. The van der Waals surface area contributed by atoms with Gasteiger partial charge in [0.25, 0.3) is 0 Å². The number of benzene rings is 1. The number of halogens is 2. The SMILES string of the molecule is O=C(O)C1=C(OCC2C3CN(c4ccc(Cl)c(Cl)c4)CC23)NNN1. The summed E-state index contributed by atoms with van der Waals surface area (Å²) in [7, 11) is 0. The first-order valence-corrected chi connectivity index (χ1v) is 8.37. The number of hydrogen-bond acceptors (Lipinski definition) is 6. The lowest BCUT2D eigenvalue weighted by Crippen LogP contribution is -2.34. The summed E-state index contributed by atoms with van der Waals surface area (Å²) < 4.78 is 5.62. The van der Waals surface area contributed by atoms with E-state index in [9.17, 15) is 4.79 Å². The van der Waals surface area contributed by atoms with Crippen molar-refractivity contribution in [3.63, 3.8) is 0 Å². The Hall–Kier alpha value is -1.83. The second kappa shape index (κ2) is 5.91. The fourth-order valence-electron chi connectivity index (χ4n) is 3.50. The monoisotopic (exact) mass is 370 g/mol. The number of ether oxygens (including phenoxy) is 1. The van der Waals surface area contributed by atoms with E-state index in [2.05, 4.69) is 21.3 Å². The molecular formula is C15H16Cl2N4O3. The predicted octanol–water partition coefficient (Wildman–Crippen LogP) is 1.56. The number of hydrogen-bond donors (Lipinski definition) is 4. The maximum absolute atomic E-state index is 11.0. The van der Waals surface area contributed by atoms with Crippen LogP contribution < -0.4 is 21.3 Å². The lowest BCUT2D eigenvalue weighted by atomic mass is 10.2. The van der Waals surface area contributed by atoms with Crippen LogP contribution >= 0.6 is 23.2 Å². The maximum atomic E-state index is 11.0. The molecule has 0 spiro atoms. The summed E-state index contributed by atoms with van der Waals surface area (Å²) in [5, 5.41) is 10.1. The van der Waals surface area contributed by atoms with Gasteiger partial charge in [0.05, 0.1) is 16.7 Å². The molecule has 7 nitrogen and oxygen atoms in total. The number of carbonyl (C=O) groups is 1. The van der Waals surface area contributed by atoms with E-state index in [1.54, 1.807) is 0 Å². The highest BCUT2D eigenvalue weighted by molar-refractivity contribution is 6.42. The third kappa shape index (κ3) is 2.72. The van der Waals surface area contributed by atoms with Crippen molar-refractivity contribution in [2.75, 3.05) is 24.6 Å². The third-order valence-electron chi connectivity index (χ3n) is 4.86. The molecule has 128 valence electrons. The number of carboxylic acids is 1. The summed E-state index contributed by atoms with van der Waals surface area (Å²) in [6.45, 7) is 2.41. The molecule has 1 saturated heterocycles. The minimum absolute atomic E-state index is 0.00163. The fourth-order valence-corrected chi connectivity index (χ4v) is 3.79. The highest BCUT2D eigenvalue weighted by Gasteiger charge is 2.56. The van der Waals surface area contributed by atoms with E-state index in [0.29, 0.717) is 34.4 Å². The number of nitrogens with one attached hydrogen (secondary N) is 3. The molecule has 4 rings (SSSR count).